The Kier molecular flexibility index (Phi) is 7.60. The number of benzene rings is 2. The van der Waals surface area contributed by atoms with Crippen molar-refractivity contribution in [2.24, 2.45) is 0 Å². The molecule has 0 aliphatic carbocycles. The number of carbonyl (C=O) groups excluding carboxylic acids is 1. The van der Waals surface area contributed by atoms with E-state index in [0.29, 0.717) is 18.6 Å². The lowest BCUT2D eigenvalue weighted by molar-refractivity contribution is -0.126. The van der Waals surface area contributed by atoms with Gasteiger partial charge in [0.05, 0.1) is 6.04 Å². The highest BCUT2D eigenvalue weighted by atomic mass is 32.2. The highest BCUT2D eigenvalue weighted by Crippen LogP contribution is 2.32. The first kappa shape index (κ1) is 23.0. The minimum Gasteiger partial charge on any atom is -0.454 e. The lowest BCUT2D eigenvalue weighted by Gasteiger charge is -2.27. The van der Waals surface area contributed by atoms with Crippen LogP contribution in [-0.4, -0.2) is 55.1 Å². The highest BCUT2D eigenvalue weighted by Gasteiger charge is 2.37. The largest absolute Gasteiger partial charge is 0.454 e. The lowest BCUT2D eigenvalue weighted by Crippen LogP contribution is -2.46. The van der Waals surface area contributed by atoms with Gasteiger partial charge in [0, 0.05) is 36.6 Å². The van der Waals surface area contributed by atoms with Crippen molar-refractivity contribution < 1.29 is 14.3 Å². The Labute approximate surface area is 195 Å². The van der Waals surface area contributed by atoms with Crippen LogP contribution in [0, 0.1) is 0 Å². The number of ether oxygens (including phenoxy) is 2. The summed E-state index contributed by atoms with van der Waals surface area (Å²) in [6.07, 6.45) is 3.69. The molecule has 6 nitrogen and oxygen atoms in total. The van der Waals surface area contributed by atoms with Crippen molar-refractivity contribution in [3.8, 4) is 11.5 Å². The van der Waals surface area contributed by atoms with Gasteiger partial charge in [-0.3, -0.25) is 9.69 Å². The second kappa shape index (κ2) is 10.6. The Morgan fingerprint density at radius 1 is 1.12 bits per heavy atom. The van der Waals surface area contributed by atoms with Crippen molar-refractivity contribution >= 4 is 17.7 Å². The van der Waals surface area contributed by atoms with E-state index in [1.165, 1.54) is 10.5 Å². The summed E-state index contributed by atoms with van der Waals surface area (Å²) < 4.78 is 10.8. The predicted octanol–water partition coefficient (Wildman–Crippen LogP) is 3.44. The molecule has 2 aromatic carbocycles. The van der Waals surface area contributed by atoms with E-state index in [1.807, 2.05) is 18.2 Å². The van der Waals surface area contributed by atoms with Crippen LogP contribution in [0.3, 0.4) is 0 Å². The summed E-state index contributed by atoms with van der Waals surface area (Å²) in [4.78, 5) is 16.6. The van der Waals surface area contributed by atoms with E-state index in [1.54, 1.807) is 11.8 Å². The number of nitrogens with zero attached hydrogens (tertiary/aromatic N) is 1. The van der Waals surface area contributed by atoms with Gasteiger partial charge in [-0.2, -0.15) is 0 Å². The van der Waals surface area contributed by atoms with Gasteiger partial charge < -0.3 is 20.1 Å². The van der Waals surface area contributed by atoms with E-state index in [2.05, 4.69) is 59.9 Å². The lowest BCUT2D eigenvalue weighted by atomic mass is 10.1. The Balaban J connectivity index is 1.27. The van der Waals surface area contributed by atoms with Gasteiger partial charge in [-0.1, -0.05) is 18.2 Å². The second-order valence-corrected chi connectivity index (χ2v) is 9.58. The van der Waals surface area contributed by atoms with Crippen LogP contribution < -0.4 is 20.1 Å². The number of hydrogen-bond acceptors (Lipinski definition) is 6. The third-order valence-electron chi connectivity index (χ3n) is 6.21. The van der Waals surface area contributed by atoms with Gasteiger partial charge >= 0.3 is 0 Å². The van der Waals surface area contributed by atoms with Crippen LogP contribution in [0.25, 0.3) is 0 Å². The van der Waals surface area contributed by atoms with E-state index in [-0.39, 0.29) is 18.7 Å². The minimum absolute atomic E-state index is 0.0943. The zero-order chi connectivity index (χ0) is 22.5. The topological polar surface area (TPSA) is 62.8 Å². The van der Waals surface area contributed by atoms with Crippen LogP contribution in [0.5, 0.6) is 11.5 Å². The van der Waals surface area contributed by atoms with Crippen LogP contribution >= 0.6 is 11.8 Å². The van der Waals surface area contributed by atoms with Crippen LogP contribution in [0.1, 0.15) is 31.4 Å². The Bertz CT molecular complexity index is 919. The standard InChI is InChI=1S/C25H33N3O3S/c1-17(2)28-15-20(27-14-19-4-7-21(32-3)8-5-19)13-22(28)25(29)26-11-10-18-6-9-23-24(12-18)31-16-30-23/h4-9,12,17,20,22,27H,10-11,13-16H2,1-3H3,(H,26,29)/t20-,22+/m1/s1. The average Bonchev–Trinajstić information content (AvgIpc) is 3.45. The summed E-state index contributed by atoms with van der Waals surface area (Å²) >= 11 is 1.75. The number of thioether (sulfide) groups is 1. The van der Waals surface area contributed by atoms with Crippen molar-refractivity contribution in [1.82, 2.24) is 15.5 Å². The maximum absolute atomic E-state index is 13.0. The fourth-order valence-electron chi connectivity index (χ4n) is 4.39. The number of rotatable bonds is 9. The summed E-state index contributed by atoms with van der Waals surface area (Å²) in [5.41, 5.74) is 2.41. The van der Waals surface area contributed by atoms with E-state index in [9.17, 15) is 4.79 Å². The molecule has 0 aromatic heterocycles. The summed E-state index contributed by atoms with van der Waals surface area (Å²) in [7, 11) is 0. The molecule has 1 fully saturated rings. The fraction of sp³-hybridized carbons (Fsp3) is 0.480. The molecular formula is C25H33N3O3S. The first-order valence-electron chi connectivity index (χ1n) is 11.3. The molecule has 0 bridgehead atoms. The van der Waals surface area contributed by atoms with E-state index in [0.717, 1.165) is 43.0 Å². The smallest absolute Gasteiger partial charge is 0.237 e. The van der Waals surface area contributed by atoms with Crippen LogP contribution in [-0.2, 0) is 17.8 Å². The molecule has 1 amide bonds. The van der Waals surface area contributed by atoms with E-state index in [4.69, 9.17) is 9.47 Å². The van der Waals surface area contributed by atoms with Gasteiger partial charge in [-0.05, 0) is 68.3 Å². The zero-order valence-corrected chi connectivity index (χ0v) is 19.9. The molecule has 2 aliphatic rings. The second-order valence-electron chi connectivity index (χ2n) is 8.70. The molecule has 32 heavy (non-hydrogen) atoms. The molecule has 2 heterocycles. The molecule has 2 aromatic rings. The molecule has 0 radical (unpaired) electrons. The maximum atomic E-state index is 13.0. The van der Waals surface area contributed by atoms with Crippen molar-refractivity contribution in [2.45, 2.75) is 56.3 Å². The number of likely N-dealkylation sites (tertiary alicyclic amines) is 1. The molecule has 2 atom stereocenters. The van der Waals surface area contributed by atoms with Crippen molar-refractivity contribution in [3.63, 3.8) is 0 Å². The van der Waals surface area contributed by atoms with Crippen molar-refractivity contribution in [2.75, 3.05) is 26.1 Å². The number of hydrogen-bond donors (Lipinski definition) is 2. The predicted molar refractivity (Wildman–Crippen MR) is 128 cm³/mol. The molecular weight excluding hydrogens is 422 g/mol. The highest BCUT2D eigenvalue weighted by molar-refractivity contribution is 7.98. The fourth-order valence-corrected chi connectivity index (χ4v) is 4.80. The summed E-state index contributed by atoms with van der Waals surface area (Å²) in [6.45, 7) is 6.93. The monoisotopic (exact) mass is 455 g/mol. The molecule has 0 saturated carbocycles. The number of fused-ring (bicyclic) bond motifs is 1. The number of carbonyl (C=O) groups is 1. The van der Waals surface area contributed by atoms with Crippen molar-refractivity contribution in [1.29, 1.82) is 0 Å². The van der Waals surface area contributed by atoms with Crippen LogP contribution in [0.4, 0.5) is 0 Å². The molecule has 2 N–H and O–H groups in total. The van der Waals surface area contributed by atoms with Gasteiger partial charge in [0.1, 0.15) is 0 Å². The minimum atomic E-state index is -0.0943. The number of amides is 1. The third kappa shape index (κ3) is 5.57. The molecule has 1 saturated heterocycles. The summed E-state index contributed by atoms with van der Waals surface area (Å²) in [6, 6.07) is 15.2. The number of nitrogens with one attached hydrogen (secondary N) is 2. The SMILES string of the molecule is CSc1ccc(CN[C@@H]2C[C@@H](C(=O)NCCc3ccc4c(c3)OCO4)N(C(C)C)C2)cc1. The first-order chi connectivity index (χ1) is 15.5. The van der Waals surface area contributed by atoms with Gasteiger partial charge in [-0.25, -0.2) is 0 Å². The molecule has 0 spiro atoms. The van der Waals surface area contributed by atoms with Gasteiger partial charge in [-0.15, -0.1) is 11.8 Å². The average molecular weight is 456 g/mol. The summed E-state index contributed by atoms with van der Waals surface area (Å²) in [5.74, 6) is 1.69. The van der Waals surface area contributed by atoms with Gasteiger partial charge in [0.25, 0.3) is 0 Å². The molecule has 2 aliphatic heterocycles. The quantitative estimate of drug-likeness (QED) is 0.565. The molecule has 0 unspecified atom stereocenters. The molecule has 172 valence electrons. The van der Waals surface area contributed by atoms with Crippen LogP contribution in [0.2, 0.25) is 0 Å². The third-order valence-corrected chi connectivity index (χ3v) is 6.95. The Morgan fingerprint density at radius 2 is 1.88 bits per heavy atom. The van der Waals surface area contributed by atoms with E-state index >= 15 is 0 Å². The maximum Gasteiger partial charge on any atom is 0.237 e. The van der Waals surface area contributed by atoms with Crippen molar-refractivity contribution in [3.05, 3.63) is 53.6 Å². The normalized spacial score (nSPS) is 20.1. The molecule has 7 heteroatoms. The van der Waals surface area contributed by atoms with E-state index < -0.39 is 0 Å². The zero-order valence-electron chi connectivity index (χ0n) is 19.1. The summed E-state index contributed by atoms with van der Waals surface area (Å²) in [5, 5.41) is 6.81. The Morgan fingerprint density at radius 3 is 2.62 bits per heavy atom. The van der Waals surface area contributed by atoms with Gasteiger partial charge in [0.15, 0.2) is 11.5 Å². The Hall–Kier alpha value is -2.22. The van der Waals surface area contributed by atoms with Crippen LogP contribution in [0.15, 0.2) is 47.4 Å². The first-order valence-corrected chi connectivity index (χ1v) is 12.5. The van der Waals surface area contributed by atoms with Gasteiger partial charge in [0.2, 0.25) is 12.7 Å². The molecule has 4 rings (SSSR count).